The highest BCUT2D eigenvalue weighted by atomic mass is 19.4. The van der Waals surface area contributed by atoms with Crippen LogP contribution >= 0.6 is 0 Å². The summed E-state index contributed by atoms with van der Waals surface area (Å²) in [4.78, 5) is 14.8. The molecule has 3 aromatic heterocycles. The third kappa shape index (κ3) is 6.43. The zero-order chi connectivity index (χ0) is 29.5. The number of hydrogen-bond donors (Lipinski definition) is 3. The fourth-order valence-electron chi connectivity index (χ4n) is 5.17. The van der Waals surface area contributed by atoms with E-state index in [1.54, 1.807) is 12.1 Å². The molecule has 3 aromatic rings. The number of alkyl halides is 4. The maximum Gasteiger partial charge on any atom is 0.393 e. The van der Waals surface area contributed by atoms with Crippen LogP contribution in [0.15, 0.2) is 24.4 Å². The lowest BCUT2D eigenvalue weighted by Crippen LogP contribution is -2.48. The first kappa shape index (κ1) is 28.7. The van der Waals surface area contributed by atoms with Gasteiger partial charge in [-0.05, 0) is 58.1 Å². The summed E-state index contributed by atoms with van der Waals surface area (Å²) in [7, 11) is 0. The second-order valence-electron chi connectivity index (χ2n) is 11.6. The normalized spacial score (nSPS) is 20.1. The van der Waals surface area contributed by atoms with E-state index in [1.165, 1.54) is 21.5 Å². The third-order valence-electron chi connectivity index (χ3n) is 7.34. The van der Waals surface area contributed by atoms with Crippen LogP contribution in [-0.4, -0.2) is 74.3 Å². The molecule has 1 aliphatic carbocycles. The van der Waals surface area contributed by atoms with Gasteiger partial charge in [0.1, 0.15) is 29.1 Å². The van der Waals surface area contributed by atoms with E-state index in [2.05, 4.69) is 37.6 Å². The zero-order valence-corrected chi connectivity index (χ0v) is 23.2. The van der Waals surface area contributed by atoms with E-state index in [9.17, 15) is 18.0 Å². The van der Waals surface area contributed by atoms with Gasteiger partial charge in [-0.1, -0.05) is 12.0 Å². The van der Waals surface area contributed by atoms with Crippen molar-refractivity contribution >= 4 is 23.1 Å². The molecule has 1 saturated heterocycles. The number of nitrogens with one attached hydrogen (secondary N) is 2. The molecule has 0 bridgehead atoms. The molecule has 4 heterocycles. The van der Waals surface area contributed by atoms with Crippen LogP contribution in [0.1, 0.15) is 61.6 Å². The topological polar surface area (TPSA) is 106 Å². The van der Waals surface area contributed by atoms with Crippen molar-refractivity contribution in [3.63, 3.8) is 0 Å². The molecule has 1 saturated carbocycles. The van der Waals surface area contributed by atoms with Crippen molar-refractivity contribution in [3.8, 4) is 11.8 Å². The third-order valence-corrected chi connectivity index (χ3v) is 7.34. The molecule has 2 atom stereocenters. The van der Waals surface area contributed by atoms with Crippen LogP contribution in [-0.2, 0) is 12.0 Å². The van der Waals surface area contributed by atoms with Gasteiger partial charge in [0.25, 0.3) is 5.91 Å². The Morgan fingerprint density at radius 3 is 2.59 bits per heavy atom. The number of aromatic nitrogens is 4. The summed E-state index contributed by atoms with van der Waals surface area (Å²) in [5.41, 5.74) is 5.91. The molecule has 5 rings (SSSR count). The van der Waals surface area contributed by atoms with Gasteiger partial charge in [-0.25, -0.2) is 13.6 Å². The highest BCUT2D eigenvalue weighted by molar-refractivity contribution is 5.98. The van der Waals surface area contributed by atoms with Crippen molar-refractivity contribution < 1.29 is 22.4 Å². The number of nitrogens with zero attached hydrogens (tertiary/aromatic N) is 5. The Morgan fingerprint density at radius 2 is 1.95 bits per heavy atom. The Bertz CT molecular complexity index is 1490. The maximum atomic E-state index is 15.0. The summed E-state index contributed by atoms with van der Waals surface area (Å²) in [5.74, 6) is 5.47. The molecule has 0 radical (unpaired) electrons. The lowest BCUT2D eigenvalue weighted by molar-refractivity contribution is -0.127. The molecule has 4 N–H and O–H groups in total. The minimum absolute atomic E-state index is 0.0637. The fraction of sp³-hybridized carbons (Fsp3) is 0.536. The Morgan fingerprint density at radius 1 is 1.20 bits per heavy atom. The Balaban J connectivity index is 1.34. The van der Waals surface area contributed by atoms with Crippen molar-refractivity contribution in [3.05, 3.63) is 41.2 Å². The van der Waals surface area contributed by atoms with Crippen molar-refractivity contribution in [1.29, 1.82) is 0 Å². The number of hydrogen-bond acceptors (Lipinski definition) is 6. The number of carbonyl (C=O) groups is 1. The van der Waals surface area contributed by atoms with Crippen LogP contribution in [0.25, 0.3) is 5.52 Å². The van der Waals surface area contributed by atoms with Crippen molar-refractivity contribution in [2.75, 3.05) is 30.7 Å². The first-order valence-electron chi connectivity index (χ1n) is 13.6. The van der Waals surface area contributed by atoms with Gasteiger partial charge in [0.05, 0.1) is 36.3 Å². The molecule has 220 valence electrons. The molecule has 2 fully saturated rings. The van der Waals surface area contributed by atoms with Crippen LogP contribution in [0.4, 0.5) is 29.2 Å². The predicted molar refractivity (Wildman–Crippen MR) is 147 cm³/mol. The van der Waals surface area contributed by atoms with Crippen LogP contribution < -0.4 is 16.4 Å². The van der Waals surface area contributed by atoms with E-state index in [0.717, 1.165) is 19.4 Å². The number of carbonyl (C=O) groups excluding carboxylic acids is 1. The molecule has 1 aliphatic heterocycles. The lowest BCUT2D eigenvalue weighted by atomic mass is 10.0. The van der Waals surface area contributed by atoms with Crippen molar-refractivity contribution in [1.82, 2.24) is 29.6 Å². The monoisotopic (exact) mass is 574 g/mol. The Kier molecular flexibility index (Phi) is 7.63. The number of amides is 1. The van der Waals surface area contributed by atoms with E-state index in [4.69, 9.17) is 5.73 Å². The molecule has 0 aromatic carbocycles. The number of fused-ring (bicyclic) bond motifs is 1. The number of nitrogen functional groups attached to an aromatic ring is 1. The van der Waals surface area contributed by atoms with E-state index >= 15 is 4.39 Å². The van der Waals surface area contributed by atoms with E-state index in [1.807, 2.05) is 20.8 Å². The minimum Gasteiger partial charge on any atom is -0.383 e. The quantitative estimate of drug-likeness (QED) is 0.306. The van der Waals surface area contributed by atoms with E-state index in [-0.39, 0.29) is 34.7 Å². The average molecular weight is 575 g/mol. The maximum absolute atomic E-state index is 15.0. The first-order chi connectivity index (χ1) is 19.3. The average Bonchev–Trinajstić information content (AvgIpc) is 3.57. The fourth-order valence-corrected chi connectivity index (χ4v) is 5.17. The summed E-state index contributed by atoms with van der Waals surface area (Å²) in [5, 5.41) is 14.3. The van der Waals surface area contributed by atoms with Gasteiger partial charge in [0, 0.05) is 24.7 Å². The smallest absolute Gasteiger partial charge is 0.383 e. The molecule has 1 amide bonds. The van der Waals surface area contributed by atoms with Gasteiger partial charge in [-0.2, -0.15) is 23.4 Å². The molecule has 0 unspecified atom stereocenters. The minimum atomic E-state index is -4.50. The highest BCUT2D eigenvalue weighted by Crippen LogP contribution is 2.32. The number of nitrogens with two attached hydrogens (primary N) is 1. The summed E-state index contributed by atoms with van der Waals surface area (Å²) in [6, 6.07) is 4.80. The predicted octanol–water partition coefficient (Wildman–Crippen LogP) is 3.74. The van der Waals surface area contributed by atoms with Crippen LogP contribution in [0.3, 0.4) is 0 Å². The van der Waals surface area contributed by atoms with Crippen molar-refractivity contribution in [2.45, 2.75) is 76.4 Å². The Hall–Kier alpha value is -3.79. The summed E-state index contributed by atoms with van der Waals surface area (Å²) < 4.78 is 58.5. The number of anilines is 2. The van der Waals surface area contributed by atoms with Crippen molar-refractivity contribution in [2.24, 2.45) is 0 Å². The van der Waals surface area contributed by atoms with Crippen LogP contribution in [0.5, 0.6) is 0 Å². The van der Waals surface area contributed by atoms with E-state index < -0.39 is 36.3 Å². The summed E-state index contributed by atoms with van der Waals surface area (Å²) >= 11 is 0. The SMILES string of the molecule is CC(C)(C)n1ncc(C(=O)NCC#Cc2nn3c(N[C@@H]4CCN(C5CC5)C[C@@H]4F)cccc3c2CC(F)(F)F)c1N. The van der Waals surface area contributed by atoms with Gasteiger partial charge in [0.2, 0.25) is 0 Å². The molecule has 2 aliphatic rings. The van der Waals surface area contributed by atoms with Gasteiger partial charge in [-0.3, -0.25) is 9.69 Å². The summed E-state index contributed by atoms with van der Waals surface area (Å²) in [6.07, 6.45) is -2.70. The largest absolute Gasteiger partial charge is 0.393 e. The Labute approximate surface area is 235 Å². The number of piperidine rings is 1. The van der Waals surface area contributed by atoms with Gasteiger partial charge in [0.15, 0.2) is 0 Å². The molecular weight excluding hydrogens is 540 g/mol. The number of rotatable bonds is 6. The molecule has 41 heavy (non-hydrogen) atoms. The second kappa shape index (κ2) is 10.9. The summed E-state index contributed by atoms with van der Waals surface area (Å²) in [6.45, 7) is 6.64. The molecular formula is C28H34F4N8O. The lowest BCUT2D eigenvalue weighted by Gasteiger charge is -2.35. The van der Waals surface area contributed by atoms with Gasteiger partial charge >= 0.3 is 6.18 Å². The van der Waals surface area contributed by atoms with Crippen LogP contribution in [0.2, 0.25) is 0 Å². The van der Waals surface area contributed by atoms with Crippen LogP contribution in [0, 0.1) is 11.8 Å². The first-order valence-corrected chi connectivity index (χ1v) is 13.6. The number of halogens is 4. The number of pyridine rings is 1. The van der Waals surface area contributed by atoms with Gasteiger partial charge < -0.3 is 16.4 Å². The number of likely N-dealkylation sites (tertiary alicyclic amines) is 1. The van der Waals surface area contributed by atoms with Gasteiger partial charge in [-0.15, -0.1) is 0 Å². The molecule has 0 spiro atoms. The second-order valence-corrected chi connectivity index (χ2v) is 11.6. The standard InChI is InChI=1S/C28H34F4N8O/c1-27(2,3)40-25(33)19(15-35-40)26(41)34-12-5-6-21-18(14-28(30,31)32)23-7-4-8-24(39(23)37-21)36-22-11-13-38(16-20(22)29)17-9-10-17/h4,7-8,15,17,20,22,36H,9-14,16,33H2,1-3H3,(H,34,41)/t20-,22+/m0/s1. The molecule has 13 heteroatoms. The van der Waals surface area contributed by atoms with E-state index in [0.29, 0.717) is 24.8 Å². The highest BCUT2D eigenvalue weighted by Gasteiger charge is 2.37. The zero-order valence-electron chi connectivity index (χ0n) is 23.2. The molecule has 9 nitrogen and oxygen atoms in total.